The molecule has 0 amide bonds. The second-order valence-corrected chi connectivity index (χ2v) is 5.69. The molecule has 3 aromatic rings. The molecule has 4 rings (SSSR count). The van der Waals surface area contributed by atoms with Crippen LogP contribution in [0.2, 0.25) is 0 Å². The molecule has 1 heterocycles. The van der Waals surface area contributed by atoms with Crippen LogP contribution in [-0.2, 0) is 0 Å². The Bertz CT molecular complexity index is 899. The zero-order chi connectivity index (χ0) is 15.1. The van der Waals surface area contributed by atoms with Crippen molar-refractivity contribution in [1.82, 2.24) is 4.98 Å². The zero-order valence-electron chi connectivity index (χ0n) is 11.9. The predicted molar refractivity (Wildman–Crippen MR) is 84.5 cm³/mol. The zero-order valence-corrected chi connectivity index (χ0v) is 11.9. The van der Waals surface area contributed by atoms with Crippen molar-refractivity contribution in [3.63, 3.8) is 0 Å². The molecule has 0 bridgehead atoms. The lowest BCUT2D eigenvalue weighted by Gasteiger charge is -2.18. The van der Waals surface area contributed by atoms with Crippen molar-refractivity contribution < 1.29 is 4.42 Å². The molecule has 22 heavy (non-hydrogen) atoms. The molecule has 0 unspecified atom stereocenters. The highest BCUT2D eigenvalue weighted by molar-refractivity contribution is 5.83. The minimum absolute atomic E-state index is 0.292. The highest BCUT2D eigenvalue weighted by atomic mass is 16.3. The summed E-state index contributed by atoms with van der Waals surface area (Å²) in [5.74, 6) is 0. The Morgan fingerprint density at radius 1 is 1.09 bits per heavy atom. The number of benzene rings is 1. The quantitative estimate of drug-likeness (QED) is 0.720. The van der Waals surface area contributed by atoms with Crippen LogP contribution in [0.4, 0.5) is 17.1 Å². The number of fused-ring (bicyclic) bond motifs is 1. The van der Waals surface area contributed by atoms with Crippen LogP contribution in [0.1, 0.15) is 25.7 Å². The van der Waals surface area contributed by atoms with Crippen LogP contribution in [-0.4, -0.2) is 11.0 Å². The minimum atomic E-state index is -0.474. The van der Waals surface area contributed by atoms with E-state index in [1.54, 1.807) is 18.2 Å². The van der Waals surface area contributed by atoms with Gasteiger partial charge in [0.2, 0.25) is 0 Å². The fourth-order valence-corrected chi connectivity index (χ4v) is 3.00. The third-order valence-electron chi connectivity index (χ3n) is 4.21. The molecule has 0 aliphatic heterocycles. The van der Waals surface area contributed by atoms with Gasteiger partial charge >= 0.3 is 0 Å². The maximum Gasteiger partial charge on any atom is 0.253 e. The van der Waals surface area contributed by atoms with Crippen LogP contribution >= 0.6 is 0 Å². The van der Waals surface area contributed by atoms with E-state index in [9.17, 15) is 9.59 Å². The van der Waals surface area contributed by atoms with E-state index in [1.165, 1.54) is 6.39 Å². The van der Waals surface area contributed by atoms with Crippen molar-refractivity contribution in [2.75, 3.05) is 10.6 Å². The number of nitrogens with one attached hydrogen (secondary N) is 2. The van der Waals surface area contributed by atoms with E-state index in [0.717, 1.165) is 31.2 Å². The van der Waals surface area contributed by atoms with E-state index >= 15 is 0 Å². The molecule has 6 nitrogen and oxygen atoms in total. The first-order valence-electron chi connectivity index (χ1n) is 7.42. The van der Waals surface area contributed by atoms with Gasteiger partial charge < -0.3 is 15.1 Å². The highest BCUT2D eigenvalue weighted by Crippen LogP contribution is 2.27. The van der Waals surface area contributed by atoms with Crippen molar-refractivity contribution in [3.05, 3.63) is 45.0 Å². The van der Waals surface area contributed by atoms with Crippen molar-refractivity contribution in [2.24, 2.45) is 0 Å². The number of hydrogen-bond acceptors (Lipinski definition) is 6. The normalized spacial score (nSPS) is 15.6. The Morgan fingerprint density at radius 2 is 1.86 bits per heavy atom. The summed E-state index contributed by atoms with van der Waals surface area (Å²) in [6.45, 7) is 0. The molecule has 0 radical (unpaired) electrons. The Morgan fingerprint density at radius 3 is 2.68 bits per heavy atom. The van der Waals surface area contributed by atoms with Gasteiger partial charge in [0.1, 0.15) is 16.9 Å². The number of oxazole rings is 1. The van der Waals surface area contributed by atoms with E-state index in [4.69, 9.17) is 4.42 Å². The first kappa shape index (κ1) is 13.1. The molecule has 1 aliphatic carbocycles. The lowest BCUT2D eigenvalue weighted by atomic mass is 10.1. The SMILES string of the molecule is O=c1c(Nc2ccc3ncoc3c2)c(NC2CCCC2)c1=O. The monoisotopic (exact) mass is 297 g/mol. The van der Waals surface area contributed by atoms with Crippen molar-refractivity contribution in [1.29, 1.82) is 0 Å². The van der Waals surface area contributed by atoms with Gasteiger partial charge in [-0.2, -0.15) is 0 Å². The summed E-state index contributed by atoms with van der Waals surface area (Å²) in [5, 5.41) is 6.23. The maximum absolute atomic E-state index is 11.8. The van der Waals surface area contributed by atoms with Gasteiger partial charge in [-0.25, -0.2) is 4.98 Å². The second kappa shape index (κ2) is 4.98. The number of aromatic nitrogens is 1. The Kier molecular flexibility index (Phi) is 2.96. The summed E-state index contributed by atoms with van der Waals surface area (Å²) < 4.78 is 5.24. The van der Waals surface area contributed by atoms with Crippen LogP contribution in [0.15, 0.2) is 38.6 Å². The highest BCUT2D eigenvalue weighted by Gasteiger charge is 2.25. The molecule has 6 heteroatoms. The van der Waals surface area contributed by atoms with Crippen molar-refractivity contribution in [3.8, 4) is 0 Å². The fourth-order valence-electron chi connectivity index (χ4n) is 3.00. The summed E-state index contributed by atoms with van der Waals surface area (Å²) in [4.78, 5) is 27.6. The van der Waals surface area contributed by atoms with Gasteiger partial charge in [0.05, 0.1) is 0 Å². The van der Waals surface area contributed by atoms with Gasteiger partial charge in [0.15, 0.2) is 12.0 Å². The number of nitrogens with zero attached hydrogens (tertiary/aromatic N) is 1. The number of anilines is 3. The van der Waals surface area contributed by atoms with Crippen molar-refractivity contribution in [2.45, 2.75) is 31.7 Å². The summed E-state index contributed by atoms with van der Waals surface area (Å²) in [5.41, 5.74) is 1.93. The maximum atomic E-state index is 11.8. The third-order valence-corrected chi connectivity index (χ3v) is 4.21. The molecule has 2 N–H and O–H groups in total. The predicted octanol–water partition coefficient (Wildman–Crippen LogP) is 2.52. The largest absolute Gasteiger partial charge is 0.443 e. The van der Waals surface area contributed by atoms with Gasteiger partial charge in [-0.1, -0.05) is 12.8 Å². The van der Waals surface area contributed by atoms with Crippen molar-refractivity contribution >= 4 is 28.2 Å². The van der Waals surface area contributed by atoms with Gasteiger partial charge in [0.25, 0.3) is 10.9 Å². The fraction of sp³-hybridized carbons (Fsp3) is 0.312. The second-order valence-electron chi connectivity index (χ2n) is 5.69. The summed E-state index contributed by atoms with van der Waals surface area (Å²) >= 11 is 0. The van der Waals surface area contributed by atoms with Gasteiger partial charge in [-0.05, 0) is 25.0 Å². The van der Waals surface area contributed by atoms with Crippen LogP contribution in [0.5, 0.6) is 0 Å². The Hall–Kier alpha value is -2.63. The van der Waals surface area contributed by atoms with Gasteiger partial charge in [-0.15, -0.1) is 0 Å². The molecular formula is C16H15N3O3. The molecule has 1 aliphatic rings. The molecule has 0 spiro atoms. The van der Waals surface area contributed by atoms with E-state index in [-0.39, 0.29) is 0 Å². The lowest BCUT2D eigenvalue weighted by Crippen LogP contribution is -2.38. The third kappa shape index (κ3) is 2.07. The molecular weight excluding hydrogens is 282 g/mol. The standard InChI is InChI=1S/C16H15N3O3/c20-15-13(18-9-3-1-2-4-9)14(16(15)21)19-10-5-6-11-12(7-10)22-8-17-11/h5-9,18-19H,1-4H2. The Labute approximate surface area is 125 Å². The number of hydrogen-bond donors (Lipinski definition) is 2. The molecule has 112 valence electrons. The molecule has 2 aromatic carbocycles. The summed E-state index contributed by atoms with van der Waals surface area (Å²) in [6, 6.07) is 5.66. The average molecular weight is 297 g/mol. The summed E-state index contributed by atoms with van der Waals surface area (Å²) in [6.07, 6.45) is 5.79. The smallest absolute Gasteiger partial charge is 0.253 e. The molecule has 1 aromatic heterocycles. The first-order chi connectivity index (χ1) is 10.7. The van der Waals surface area contributed by atoms with Crippen LogP contribution in [0.25, 0.3) is 11.1 Å². The summed E-state index contributed by atoms with van der Waals surface area (Å²) in [7, 11) is 0. The van der Waals surface area contributed by atoms with Crippen LogP contribution in [0.3, 0.4) is 0 Å². The van der Waals surface area contributed by atoms with Crippen LogP contribution < -0.4 is 21.5 Å². The molecule has 0 atom stereocenters. The minimum Gasteiger partial charge on any atom is -0.443 e. The van der Waals surface area contributed by atoms with E-state index in [1.807, 2.05) is 0 Å². The lowest BCUT2D eigenvalue weighted by molar-refractivity contribution is 0.602. The van der Waals surface area contributed by atoms with Gasteiger partial charge in [0, 0.05) is 17.8 Å². The van der Waals surface area contributed by atoms with E-state index in [0.29, 0.717) is 28.7 Å². The molecule has 1 saturated carbocycles. The van der Waals surface area contributed by atoms with Crippen LogP contribution in [0, 0.1) is 0 Å². The number of rotatable bonds is 4. The van der Waals surface area contributed by atoms with E-state index in [2.05, 4.69) is 15.6 Å². The van der Waals surface area contributed by atoms with E-state index < -0.39 is 10.9 Å². The molecule has 0 saturated heterocycles. The average Bonchev–Trinajstić information content (AvgIpc) is 3.21. The first-order valence-corrected chi connectivity index (χ1v) is 7.42. The Balaban J connectivity index is 1.60. The van der Waals surface area contributed by atoms with Gasteiger partial charge in [-0.3, -0.25) is 9.59 Å². The topological polar surface area (TPSA) is 84.2 Å². The molecule has 1 fully saturated rings.